The van der Waals surface area contributed by atoms with Gasteiger partial charge in [-0.3, -0.25) is 5.32 Å². The van der Waals surface area contributed by atoms with Crippen LogP contribution in [0.4, 0.5) is 9.93 Å². The number of hydrogen-bond donors (Lipinski definition) is 2. The molecule has 2 atom stereocenters. The highest BCUT2D eigenvalue weighted by molar-refractivity contribution is 7.10. The van der Waals surface area contributed by atoms with E-state index in [-0.39, 0.29) is 17.5 Å². The van der Waals surface area contributed by atoms with Gasteiger partial charge < -0.3 is 10.1 Å². The molecule has 1 aromatic carbocycles. The quantitative estimate of drug-likeness (QED) is 0.855. The Hall–Kier alpha value is -1.99. The number of ether oxygens (including phenoxy) is 1. The number of benzene rings is 1. The number of anilines is 1. The molecular formula is C18H22N4O2S. The monoisotopic (exact) mass is 358 g/mol. The molecule has 0 radical (unpaired) electrons. The second-order valence-corrected chi connectivity index (χ2v) is 7.46. The summed E-state index contributed by atoms with van der Waals surface area (Å²) in [4.78, 5) is 16.7. The highest BCUT2D eigenvalue weighted by Crippen LogP contribution is 2.57. The Kier molecular flexibility index (Phi) is 4.43. The lowest BCUT2D eigenvalue weighted by molar-refractivity contribution is -0.169. The van der Waals surface area contributed by atoms with Crippen molar-refractivity contribution in [2.45, 2.75) is 44.8 Å². The number of carbonyl (C=O) groups is 1. The average Bonchev–Trinajstić information content (AvgIpc) is 3.01. The Labute approximate surface area is 151 Å². The molecular weight excluding hydrogens is 336 g/mol. The molecule has 2 saturated carbocycles. The maximum Gasteiger partial charge on any atom is 0.321 e. The van der Waals surface area contributed by atoms with Gasteiger partial charge in [0.1, 0.15) is 0 Å². The molecule has 2 fully saturated rings. The molecule has 0 unspecified atom stereocenters. The molecule has 132 valence electrons. The molecule has 1 aromatic heterocycles. The molecule has 6 nitrogen and oxygen atoms in total. The van der Waals surface area contributed by atoms with Crippen molar-refractivity contribution in [3.05, 3.63) is 30.3 Å². The summed E-state index contributed by atoms with van der Waals surface area (Å²) in [5, 5.41) is 6.44. The summed E-state index contributed by atoms with van der Waals surface area (Å²) in [6.45, 7) is 2.76. The highest BCUT2D eigenvalue weighted by Gasteiger charge is 2.59. The molecule has 2 aromatic rings. The minimum absolute atomic E-state index is 0.156. The lowest BCUT2D eigenvalue weighted by Crippen LogP contribution is -2.68. The Morgan fingerprint density at radius 3 is 2.84 bits per heavy atom. The molecule has 2 amide bonds. The van der Waals surface area contributed by atoms with Gasteiger partial charge in [0.15, 0.2) is 5.82 Å². The summed E-state index contributed by atoms with van der Waals surface area (Å²) in [6.07, 6.45) is 4.69. The Balaban J connectivity index is 1.35. The van der Waals surface area contributed by atoms with Gasteiger partial charge in [0, 0.05) is 35.2 Å². The molecule has 1 spiro atoms. The minimum Gasteiger partial charge on any atom is -0.378 e. The SMILES string of the molecule is CCO[C@H]1C[C@@H](NC(=O)Nc2nc(-c3ccccc3)ns2)C12CCC2. The van der Waals surface area contributed by atoms with Crippen LogP contribution in [-0.2, 0) is 4.74 Å². The van der Waals surface area contributed by atoms with Gasteiger partial charge in [-0.25, -0.2) is 4.79 Å². The molecule has 2 aliphatic carbocycles. The lowest BCUT2D eigenvalue weighted by atomic mass is 9.51. The first-order valence-electron chi connectivity index (χ1n) is 8.79. The largest absolute Gasteiger partial charge is 0.378 e. The van der Waals surface area contributed by atoms with E-state index in [9.17, 15) is 4.79 Å². The molecule has 4 rings (SSSR count). The van der Waals surface area contributed by atoms with Gasteiger partial charge in [0.2, 0.25) is 5.13 Å². The Morgan fingerprint density at radius 1 is 1.36 bits per heavy atom. The van der Waals surface area contributed by atoms with Gasteiger partial charge >= 0.3 is 6.03 Å². The minimum atomic E-state index is -0.206. The first-order chi connectivity index (χ1) is 12.2. The molecule has 7 heteroatoms. The van der Waals surface area contributed by atoms with Gasteiger partial charge in [-0.15, -0.1) is 0 Å². The predicted molar refractivity (Wildman–Crippen MR) is 97.6 cm³/mol. The van der Waals surface area contributed by atoms with Gasteiger partial charge in [-0.1, -0.05) is 36.8 Å². The number of nitrogens with one attached hydrogen (secondary N) is 2. The number of carbonyl (C=O) groups excluding carboxylic acids is 1. The summed E-state index contributed by atoms with van der Waals surface area (Å²) >= 11 is 1.20. The summed E-state index contributed by atoms with van der Waals surface area (Å²) in [5.41, 5.74) is 1.10. The van der Waals surface area contributed by atoms with Crippen LogP contribution in [0.3, 0.4) is 0 Å². The van der Waals surface area contributed by atoms with Crippen LogP contribution in [0.1, 0.15) is 32.6 Å². The van der Waals surface area contributed by atoms with E-state index in [1.54, 1.807) is 0 Å². The van der Waals surface area contributed by atoms with Crippen LogP contribution in [0.15, 0.2) is 30.3 Å². The van der Waals surface area contributed by atoms with Crippen molar-refractivity contribution in [1.82, 2.24) is 14.7 Å². The van der Waals surface area contributed by atoms with Crippen molar-refractivity contribution in [2.24, 2.45) is 5.41 Å². The predicted octanol–water partition coefficient (Wildman–Crippen LogP) is 3.67. The lowest BCUT2D eigenvalue weighted by Gasteiger charge is -2.60. The fraction of sp³-hybridized carbons (Fsp3) is 0.500. The fourth-order valence-corrected chi connectivity index (χ4v) is 4.50. The van der Waals surface area contributed by atoms with E-state index in [2.05, 4.69) is 20.0 Å². The van der Waals surface area contributed by atoms with Gasteiger partial charge in [0.05, 0.1) is 6.10 Å². The van der Waals surface area contributed by atoms with Crippen LogP contribution in [0, 0.1) is 5.41 Å². The van der Waals surface area contributed by atoms with Crippen LogP contribution in [0.25, 0.3) is 11.4 Å². The topological polar surface area (TPSA) is 76.1 Å². The zero-order valence-corrected chi connectivity index (χ0v) is 15.0. The molecule has 2 N–H and O–H groups in total. The van der Waals surface area contributed by atoms with E-state index >= 15 is 0 Å². The second-order valence-electron chi connectivity index (χ2n) is 6.71. The fourth-order valence-electron chi connectivity index (χ4n) is 3.91. The third-order valence-electron chi connectivity index (χ3n) is 5.42. The van der Waals surface area contributed by atoms with Crippen molar-refractivity contribution < 1.29 is 9.53 Å². The van der Waals surface area contributed by atoms with Crippen LogP contribution < -0.4 is 10.6 Å². The zero-order chi connectivity index (χ0) is 17.3. The average molecular weight is 358 g/mol. The third-order valence-corrected chi connectivity index (χ3v) is 6.05. The Morgan fingerprint density at radius 2 is 2.16 bits per heavy atom. The smallest absolute Gasteiger partial charge is 0.321 e. The van der Waals surface area contributed by atoms with Gasteiger partial charge in [-0.2, -0.15) is 9.36 Å². The normalized spacial score (nSPS) is 23.6. The zero-order valence-electron chi connectivity index (χ0n) is 14.2. The van der Waals surface area contributed by atoms with Crippen molar-refractivity contribution in [3.8, 4) is 11.4 Å². The Bertz CT molecular complexity index is 745. The first kappa shape index (κ1) is 16.5. The summed E-state index contributed by atoms with van der Waals surface area (Å²) in [5.74, 6) is 0.636. The van der Waals surface area contributed by atoms with E-state index in [0.717, 1.165) is 31.4 Å². The molecule has 0 aliphatic heterocycles. The van der Waals surface area contributed by atoms with E-state index in [0.29, 0.717) is 17.1 Å². The van der Waals surface area contributed by atoms with Crippen molar-refractivity contribution >= 4 is 22.7 Å². The number of aromatic nitrogens is 2. The van der Waals surface area contributed by atoms with Gasteiger partial charge in [0.25, 0.3) is 0 Å². The standard InChI is InChI=1S/C18H22N4O2S/c1-2-24-14-11-13(18(14)9-6-10-18)19-16(23)21-17-20-15(22-25-17)12-7-4-3-5-8-12/h3-5,7-8,13-14H,2,6,9-11H2,1H3,(H2,19,20,21,22,23)/t13-,14+/m1/s1. The van der Waals surface area contributed by atoms with E-state index in [1.807, 2.05) is 37.3 Å². The van der Waals surface area contributed by atoms with Crippen LogP contribution in [0.2, 0.25) is 0 Å². The first-order valence-corrected chi connectivity index (χ1v) is 9.57. The van der Waals surface area contributed by atoms with Crippen LogP contribution in [-0.4, -0.2) is 34.1 Å². The number of nitrogens with zero attached hydrogens (tertiary/aromatic N) is 2. The number of rotatable bonds is 5. The van der Waals surface area contributed by atoms with E-state index in [1.165, 1.54) is 18.0 Å². The molecule has 25 heavy (non-hydrogen) atoms. The van der Waals surface area contributed by atoms with Gasteiger partial charge in [-0.05, 0) is 26.2 Å². The van der Waals surface area contributed by atoms with Crippen molar-refractivity contribution in [2.75, 3.05) is 11.9 Å². The summed E-state index contributed by atoms with van der Waals surface area (Å²) in [7, 11) is 0. The van der Waals surface area contributed by atoms with Crippen LogP contribution in [0.5, 0.6) is 0 Å². The molecule has 0 bridgehead atoms. The number of urea groups is 1. The highest BCUT2D eigenvalue weighted by atomic mass is 32.1. The summed E-state index contributed by atoms with van der Waals surface area (Å²) in [6, 6.07) is 9.73. The third kappa shape index (κ3) is 3.02. The van der Waals surface area contributed by atoms with Crippen molar-refractivity contribution in [3.63, 3.8) is 0 Å². The van der Waals surface area contributed by atoms with E-state index < -0.39 is 0 Å². The maximum atomic E-state index is 12.3. The maximum absolute atomic E-state index is 12.3. The molecule has 2 aliphatic rings. The number of amides is 2. The number of hydrogen-bond acceptors (Lipinski definition) is 5. The summed E-state index contributed by atoms with van der Waals surface area (Å²) < 4.78 is 10.1. The van der Waals surface area contributed by atoms with E-state index in [4.69, 9.17) is 4.74 Å². The molecule has 1 heterocycles. The van der Waals surface area contributed by atoms with Crippen LogP contribution >= 0.6 is 11.5 Å². The second kappa shape index (κ2) is 6.72. The van der Waals surface area contributed by atoms with Crippen molar-refractivity contribution in [1.29, 1.82) is 0 Å². The molecule has 0 saturated heterocycles.